The normalized spacial score (nSPS) is 11.9. The molecule has 39 heavy (non-hydrogen) atoms. The highest BCUT2D eigenvalue weighted by atomic mass is 32.2. The minimum atomic E-state index is -0.628. The molecular formula is C29H27F2N5O2S. The van der Waals surface area contributed by atoms with Crippen molar-refractivity contribution in [1.82, 2.24) is 15.3 Å². The van der Waals surface area contributed by atoms with Gasteiger partial charge in [0.1, 0.15) is 11.6 Å². The van der Waals surface area contributed by atoms with Gasteiger partial charge in [0.05, 0.1) is 23.0 Å². The molecule has 1 atom stereocenters. The topological polar surface area (TPSA) is 86.7 Å². The lowest BCUT2D eigenvalue weighted by Crippen LogP contribution is -2.33. The maximum Gasteiger partial charge on any atom is 0.275 e. The zero-order valence-electron chi connectivity index (χ0n) is 21.4. The molecule has 0 saturated carbocycles. The molecule has 2 amide bonds. The van der Waals surface area contributed by atoms with Crippen molar-refractivity contribution in [3.63, 3.8) is 0 Å². The number of fused-ring (bicyclic) bond motifs is 1. The highest BCUT2D eigenvalue weighted by Gasteiger charge is 2.22. The van der Waals surface area contributed by atoms with E-state index in [2.05, 4.69) is 20.8 Å². The van der Waals surface area contributed by atoms with Gasteiger partial charge in [0.2, 0.25) is 5.91 Å². The average Bonchev–Trinajstić information content (AvgIpc) is 2.93. The van der Waals surface area contributed by atoms with E-state index < -0.39 is 23.6 Å². The van der Waals surface area contributed by atoms with E-state index in [4.69, 9.17) is 0 Å². The third-order valence-electron chi connectivity index (χ3n) is 5.81. The molecule has 200 valence electrons. The summed E-state index contributed by atoms with van der Waals surface area (Å²) in [6, 6.07) is 19.4. The molecule has 0 radical (unpaired) electrons. The summed E-state index contributed by atoms with van der Waals surface area (Å²) in [4.78, 5) is 32.7. The van der Waals surface area contributed by atoms with Gasteiger partial charge in [0.15, 0.2) is 0 Å². The summed E-state index contributed by atoms with van der Waals surface area (Å²) in [5.74, 6) is -1.22. The number of nitrogens with one attached hydrogen (secondary N) is 2. The van der Waals surface area contributed by atoms with E-state index in [-0.39, 0.29) is 23.5 Å². The Balaban J connectivity index is 1.66. The Morgan fingerprint density at radius 3 is 2.54 bits per heavy atom. The number of benzene rings is 3. The standard InChI is InChI=1S/C29H27F2N5O2S/c1-36(2)27(37)15-21(18-39-22-9-4-3-5-10-22)34-28-23-14-20(30)12-13-26(23)32-17-24(28)29(38)35-33-16-19-8-6-7-11-25(19)31/h3-14,16-17,21H,15,18H2,1-2H3,(H,32,34)(H,35,38)/b33-16+/t21-/m1/s1. The molecule has 10 heteroatoms. The fourth-order valence-electron chi connectivity index (χ4n) is 3.76. The number of hydrazone groups is 1. The predicted octanol–water partition coefficient (Wildman–Crippen LogP) is 5.33. The van der Waals surface area contributed by atoms with Crippen molar-refractivity contribution in [3.8, 4) is 0 Å². The van der Waals surface area contributed by atoms with Crippen LogP contribution in [0.2, 0.25) is 0 Å². The number of carbonyl (C=O) groups is 2. The fraction of sp³-hybridized carbons (Fsp3) is 0.172. The highest BCUT2D eigenvalue weighted by molar-refractivity contribution is 7.99. The molecule has 4 aromatic rings. The van der Waals surface area contributed by atoms with Gasteiger partial charge in [0, 0.05) is 54.4 Å². The van der Waals surface area contributed by atoms with Crippen LogP contribution >= 0.6 is 11.8 Å². The minimum absolute atomic E-state index is 0.103. The molecule has 0 aliphatic heterocycles. The number of thioether (sulfide) groups is 1. The third kappa shape index (κ3) is 7.38. The smallest absolute Gasteiger partial charge is 0.275 e. The van der Waals surface area contributed by atoms with E-state index in [1.807, 2.05) is 30.3 Å². The second-order valence-corrected chi connectivity index (χ2v) is 9.98. The summed E-state index contributed by atoms with van der Waals surface area (Å²) in [6.07, 6.45) is 2.70. The van der Waals surface area contributed by atoms with Crippen LogP contribution in [0, 0.1) is 11.6 Å². The molecule has 0 fully saturated rings. The Hall–Kier alpha value is -4.31. The lowest BCUT2D eigenvalue weighted by atomic mass is 10.1. The number of carbonyl (C=O) groups excluding carboxylic acids is 2. The summed E-state index contributed by atoms with van der Waals surface area (Å²) in [5, 5.41) is 7.59. The maximum atomic E-state index is 14.3. The van der Waals surface area contributed by atoms with Crippen LogP contribution in [0.5, 0.6) is 0 Å². The Labute approximate surface area is 229 Å². The number of pyridine rings is 1. The zero-order valence-corrected chi connectivity index (χ0v) is 22.2. The molecule has 4 rings (SSSR count). The SMILES string of the molecule is CN(C)C(=O)C[C@H](CSc1ccccc1)Nc1c(C(=O)N/N=C/c2ccccc2F)cnc2ccc(F)cc12. The number of rotatable bonds is 10. The monoisotopic (exact) mass is 547 g/mol. The number of anilines is 1. The van der Waals surface area contributed by atoms with Crippen molar-refractivity contribution < 1.29 is 18.4 Å². The second-order valence-electron chi connectivity index (χ2n) is 8.89. The highest BCUT2D eigenvalue weighted by Crippen LogP contribution is 2.29. The Morgan fingerprint density at radius 1 is 1.05 bits per heavy atom. The first-order valence-corrected chi connectivity index (χ1v) is 13.1. The van der Waals surface area contributed by atoms with Crippen LogP contribution in [0.25, 0.3) is 10.9 Å². The molecule has 1 heterocycles. The molecule has 2 N–H and O–H groups in total. The summed E-state index contributed by atoms with van der Waals surface area (Å²) in [7, 11) is 3.35. The number of hydrogen-bond donors (Lipinski definition) is 2. The molecule has 0 spiro atoms. The Kier molecular flexibility index (Phi) is 9.22. The van der Waals surface area contributed by atoms with Gasteiger partial charge in [-0.2, -0.15) is 5.10 Å². The quantitative estimate of drug-likeness (QED) is 0.159. The molecule has 1 aromatic heterocycles. The number of hydrogen-bond acceptors (Lipinski definition) is 6. The van der Waals surface area contributed by atoms with Crippen molar-refractivity contribution in [2.75, 3.05) is 25.2 Å². The van der Waals surface area contributed by atoms with Crippen LogP contribution in [-0.4, -0.2) is 53.8 Å². The third-order valence-corrected chi connectivity index (χ3v) is 6.99. The van der Waals surface area contributed by atoms with Gasteiger partial charge in [-0.25, -0.2) is 14.2 Å². The first-order chi connectivity index (χ1) is 18.8. The average molecular weight is 548 g/mol. The summed E-state index contributed by atoms with van der Waals surface area (Å²) in [6.45, 7) is 0. The molecule has 0 saturated heterocycles. The first kappa shape index (κ1) is 27.7. The molecule has 0 aliphatic rings. The first-order valence-electron chi connectivity index (χ1n) is 12.1. The molecular weight excluding hydrogens is 520 g/mol. The molecule has 0 aliphatic carbocycles. The van der Waals surface area contributed by atoms with Gasteiger partial charge >= 0.3 is 0 Å². The van der Waals surface area contributed by atoms with Crippen molar-refractivity contribution in [2.45, 2.75) is 17.4 Å². The number of aromatic nitrogens is 1. The second kappa shape index (κ2) is 13.0. The van der Waals surface area contributed by atoms with Crippen molar-refractivity contribution in [2.24, 2.45) is 5.10 Å². The predicted molar refractivity (Wildman–Crippen MR) is 151 cm³/mol. The fourth-order valence-corrected chi connectivity index (χ4v) is 4.70. The Bertz CT molecular complexity index is 1500. The van der Waals surface area contributed by atoms with Crippen LogP contribution in [0.4, 0.5) is 14.5 Å². The van der Waals surface area contributed by atoms with Crippen LogP contribution < -0.4 is 10.7 Å². The van der Waals surface area contributed by atoms with E-state index in [0.717, 1.165) is 4.90 Å². The Morgan fingerprint density at radius 2 is 1.79 bits per heavy atom. The number of nitrogens with zero attached hydrogens (tertiary/aromatic N) is 3. The summed E-state index contributed by atoms with van der Waals surface area (Å²) in [5.41, 5.74) is 3.49. The van der Waals surface area contributed by atoms with Crippen LogP contribution in [0.3, 0.4) is 0 Å². The largest absolute Gasteiger partial charge is 0.380 e. The van der Waals surface area contributed by atoms with E-state index >= 15 is 0 Å². The van der Waals surface area contributed by atoms with Crippen LogP contribution in [0.1, 0.15) is 22.3 Å². The maximum absolute atomic E-state index is 14.3. The van der Waals surface area contributed by atoms with Crippen molar-refractivity contribution >= 4 is 46.4 Å². The van der Waals surface area contributed by atoms with E-state index in [1.165, 1.54) is 47.6 Å². The minimum Gasteiger partial charge on any atom is -0.380 e. The zero-order chi connectivity index (χ0) is 27.8. The number of amides is 2. The molecule has 0 unspecified atom stereocenters. The summed E-state index contributed by atoms with van der Waals surface area (Å²) >= 11 is 1.55. The van der Waals surface area contributed by atoms with Gasteiger partial charge in [-0.05, 0) is 36.4 Å². The van der Waals surface area contributed by atoms with Gasteiger partial charge < -0.3 is 10.2 Å². The number of halogens is 2. The molecule has 7 nitrogen and oxygen atoms in total. The van der Waals surface area contributed by atoms with Crippen molar-refractivity contribution in [3.05, 3.63) is 102 Å². The van der Waals surface area contributed by atoms with Crippen LogP contribution in [0.15, 0.2) is 89.0 Å². The van der Waals surface area contributed by atoms with Gasteiger partial charge in [0.25, 0.3) is 5.91 Å². The van der Waals surface area contributed by atoms with Gasteiger partial charge in [-0.1, -0.05) is 36.4 Å². The van der Waals surface area contributed by atoms with E-state index in [0.29, 0.717) is 22.3 Å². The van der Waals surface area contributed by atoms with Gasteiger partial charge in [-0.3, -0.25) is 14.6 Å². The van der Waals surface area contributed by atoms with E-state index in [1.54, 1.807) is 38.0 Å². The molecule has 0 bridgehead atoms. The lowest BCUT2D eigenvalue weighted by molar-refractivity contribution is -0.128. The lowest BCUT2D eigenvalue weighted by Gasteiger charge is -2.23. The van der Waals surface area contributed by atoms with E-state index in [9.17, 15) is 18.4 Å². The summed E-state index contributed by atoms with van der Waals surface area (Å²) < 4.78 is 28.2. The molecule has 3 aromatic carbocycles. The van der Waals surface area contributed by atoms with Gasteiger partial charge in [-0.15, -0.1) is 11.8 Å². The van der Waals surface area contributed by atoms with Crippen molar-refractivity contribution in [1.29, 1.82) is 0 Å². The van der Waals surface area contributed by atoms with Crippen LogP contribution in [-0.2, 0) is 4.79 Å².